The van der Waals surface area contributed by atoms with Gasteiger partial charge in [-0.1, -0.05) is 0 Å². The summed E-state index contributed by atoms with van der Waals surface area (Å²) in [5, 5.41) is 12.8. The lowest BCUT2D eigenvalue weighted by molar-refractivity contribution is -0.118. The second-order valence-corrected chi connectivity index (χ2v) is 6.54. The van der Waals surface area contributed by atoms with Crippen LogP contribution in [0.3, 0.4) is 0 Å². The van der Waals surface area contributed by atoms with E-state index in [-0.39, 0.29) is 18.0 Å². The van der Waals surface area contributed by atoms with Crippen molar-refractivity contribution < 1.29 is 9.59 Å². The van der Waals surface area contributed by atoms with Gasteiger partial charge in [-0.2, -0.15) is 5.10 Å². The Balaban J connectivity index is 1.58. The van der Waals surface area contributed by atoms with E-state index >= 15 is 0 Å². The highest BCUT2D eigenvalue weighted by Gasteiger charge is 2.21. The number of carbonyl (C=O) groups is 2. The number of aromatic amines is 1. The Morgan fingerprint density at radius 1 is 1.36 bits per heavy atom. The Kier molecular flexibility index (Phi) is 4.74. The van der Waals surface area contributed by atoms with E-state index in [0.717, 1.165) is 28.3 Å². The predicted molar refractivity (Wildman–Crippen MR) is 96.8 cm³/mol. The first-order chi connectivity index (χ1) is 11.9. The predicted octanol–water partition coefficient (Wildman–Crippen LogP) is 2.38. The minimum Gasteiger partial charge on any atom is -0.335 e. The molecule has 0 fully saturated rings. The Bertz CT molecular complexity index is 799. The number of anilines is 2. The van der Waals surface area contributed by atoms with Crippen LogP contribution < -0.4 is 15.5 Å². The molecule has 2 heterocycles. The molecule has 1 atom stereocenters. The molecule has 0 aliphatic carbocycles. The molecule has 2 aromatic rings. The Labute approximate surface area is 146 Å². The van der Waals surface area contributed by atoms with Gasteiger partial charge in [-0.05, 0) is 50.1 Å². The maximum Gasteiger partial charge on any atom is 0.319 e. The molecule has 7 heteroatoms. The summed E-state index contributed by atoms with van der Waals surface area (Å²) in [6.07, 6.45) is 1.86. The molecule has 3 amide bonds. The molecule has 0 radical (unpaired) electrons. The van der Waals surface area contributed by atoms with Crippen molar-refractivity contribution in [3.05, 3.63) is 41.2 Å². The lowest BCUT2D eigenvalue weighted by Crippen LogP contribution is -2.37. The number of aryl methyl sites for hydroxylation is 2. The molecule has 0 saturated carbocycles. The third-order valence-corrected chi connectivity index (χ3v) is 4.33. The maximum absolute atomic E-state index is 12.2. The SMILES string of the molecule is Cc1cc(C[C@H](C)NC(=O)Nc2ccc3c(c2)CCC(=O)N3C)n[nH]1. The van der Waals surface area contributed by atoms with E-state index in [9.17, 15) is 9.59 Å². The average molecular weight is 341 g/mol. The molecule has 0 spiro atoms. The molecule has 3 rings (SSSR count). The number of nitrogens with zero attached hydrogens (tertiary/aromatic N) is 2. The van der Waals surface area contributed by atoms with Gasteiger partial charge in [0.2, 0.25) is 5.91 Å². The number of amides is 3. The van der Waals surface area contributed by atoms with Crippen LogP contribution in [0.15, 0.2) is 24.3 Å². The van der Waals surface area contributed by atoms with Crippen molar-refractivity contribution in [3.63, 3.8) is 0 Å². The Morgan fingerprint density at radius 3 is 2.88 bits per heavy atom. The number of rotatable bonds is 4. The summed E-state index contributed by atoms with van der Waals surface area (Å²) in [5.74, 6) is 0.119. The van der Waals surface area contributed by atoms with Crippen LogP contribution in [0.25, 0.3) is 0 Å². The summed E-state index contributed by atoms with van der Waals surface area (Å²) in [6.45, 7) is 3.89. The van der Waals surface area contributed by atoms with E-state index in [2.05, 4.69) is 20.8 Å². The number of benzene rings is 1. The zero-order valence-electron chi connectivity index (χ0n) is 14.7. The number of aromatic nitrogens is 2. The minimum absolute atomic E-state index is 0.0379. The van der Waals surface area contributed by atoms with E-state index in [1.54, 1.807) is 11.9 Å². The second kappa shape index (κ2) is 6.96. The van der Waals surface area contributed by atoms with E-state index in [1.807, 2.05) is 38.1 Å². The van der Waals surface area contributed by atoms with Crippen molar-refractivity contribution >= 4 is 23.3 Å². The molecule has 1 aromatic heterocycles. The van der Waals surface area contributed by atoms with Crippen LogP contribution in [0.1, 0.15) is 30.3 Å². The van der Waals surface area contributed by atoms with E-state index < -0.39 is 0 Å². The minimum atomic E-state index is -0.250. The first-order valence-corrected chi connectivity index (χ1v) is 8.40. The lowest BCUT2D eigenvalue weighted by Gasteiger charge is -2.26. The van der Waals surface area contributed by atoms with Crippen LogP contribution in [0.4, 0.5) is 16.2 Å². The average Bonchev–Trinajstić information content (AvgIpc) is 2.95. The molecule has 1 aliphatic heterocycles. The van der Waals surface area contributed by atoms with Crippen LogP contribution >= 0.6 is 0 Å². The number of urea groups is 1. The number of fused-ring (bicyclic) bond motifs is 1. The smallest absolute Gasteiger partial charge is 0.319 e. The van der Waals surface area contributed by atoms with Crippen LogP contribution in [0.5, 0.6) is 0 Å². The largest absolute Gasteiger partial charge is 0.335 e. The van der Waals surface area contributed by atoms with Gasteiger partial charge in [0.25, 0.3) is 0 Å². The van der Waals surface area contributed by atoms with Gasteiger partial charge in [0.15, 0.2) is 0 Å². The van der Waals surface area contributed by atoms with Gasteiger partial charge >= 0.3 is 6.03 Å². The molecule has 3 N–H and O–H groups in total. The molecule has 1 aliphatic rings. The number of carbonyl (C=O) groups excluding carboxylic acids is 2. The Morgan fingerprint density at radius 2 is 2.16 bits per heavy atom. The highest BCUT2D eigenvalue weighted by Crippen LogP contribution is 2.29. The molecular formula is C18H23N5O2. The molecule has 132 valence electrons. The molecule has 0 unspecified atom stereocenters. The molecule has 0 saturated heterocycles. The number of nitrogens with one attached hydrogen (secondary N) is 3. The molecule has 7 nitrogen and oxygen atoms in total. The van der Waals surface area contributed by atoms with Crippen molar-refractivity contribution in [2.45, 2.75) is 39.2 Å². The number of hydrogen-bond acceptors (Lipinski definition) is 3. The fourth-order valence-corrected chi connectivity index (χ4v) is 3.07. The second-order valence-electron chi connectivity index (χ2n) is 6.54. The van der Waals surface area contributed by atoms with Gasteiger partial charge in [0.1, 0.15) is 0 Å². The normalized spacial score (nSPS) is 14.8. The quantitative estimate of drug-likeness (QED) is 0.797. The van der Waals surface area contributed by atoms with Crippen LogP contribution in [0, 0.1) is 6.92 Å². The van der Waals surface area contributed by atoms with Gasteiger partial charge in [-0.25, -0.2) is 4.79 Å². The molecule has 25 heavy (non-hydrogen) atoms. The lowest BCUT2D eigenvalue weighted by atomic mass is 10.0. The van der Waals surface area contributed by atoms with Crippen molar-refractivity contribution in [3.8, 4) is 0 Å². The fraction of sp³-hybridized carbons (Fsp3) is 0.389. The first-order valence-electron chi connectivity index (χ1n) is 8.40. The summed E-state index contributed by atoms with van der Waals surface area (Å²) in [7, 11) is 1.78. The van der Waals surface area contributed by atoms with E-state index in [1.165, 1.54) is 0 Å². The summed E-state index contributed by atoms with van der Waals surface area (Å²) in [4.78, 5) is 25.6. The topological polar surface area (TPSA) is 90.1 Å². The molecular weight excluding hydrogens is 318 g/mol. The third-order valence-electron chi connectivity index (χ3n) is 4.33. The van der Waals surface area contributed by atoms with Crippen molar-refractivity contribution in [2.75, 3.05) is 17.3 Å². The monoisotopic (exact) mass is 341 g/mol. The first kappa shape index (κ1) is 17.0. The number of hydrogen-bond donors (Lipinski definition) is 3. The highest BCUT2D eigenvalue weighted by molar-refractivity contribution is 5.97. The van der Waals surface area contributed by atoms with Crippen LogP contribution in [0.2, 0.25) is 0 Å². The Hall–Kier alpha value is -2.83. The van der Waals surface area contributed by atoms with Crippen molar-refractivity contribution in [1.29, 1.82) is 0 Å². The van der Waals surface area contributed by atoms with Crippen LogP contribution in [-0.2, 0) is 17.6 Å². The van der Waals surface area contributed by atoms with Gasteiger partial charge in [0, 0.05) is 43.0 Å². The summed E-state index contributed by atoms with van der Waals surface area (Å²) in [5.41, 5.74) is 4.63. The standard InChI is InChI=1S/C18H23N5O2/c1-11(8-15-9-12(2)21-22-15)19-18(25)20-14-5-6-16-13(10-14)4-7-17(24)23(16)3/h5-6,9-11H,4,7-8H2,1-3H3,(H,21,22)(H2,19,20,25)/t11-/m0/s1. The molecule has 0 bridgehead atoms. The zero-order chi connectivity index (χ0) is 18.0. The molecule has 1 aromatic carbocycles. The van der Waals surface area contributed by atoms with E-state index in [0.29, 0.717) is 19.3 Å². The number of H-pyrrole nitrogens is 1. The third kappa shape index (κ3) is 3.99. The highest BCUT2D eigenvalue weighted by atomic mass is 16.2. The zero-order valence-corrected chi connectivity index (χ0v) is 14.7. The van der Waals surface area contributed by atoms with Gasteiger partial charge in [-0.15, -0.1) is 0 Å². The fourth-order valence-electron chi connectivity index (χ4n) is 3.07. The van der Waals surface area contributed by atoms with Gasteiger partial charge < -0.3 is 15.5 Å². The maximum atomic E-state index is 12.2. The summed E-state index contributed by atoms with van der Waals surface area (Å²) >= 11 is 0. The van der Waals surface area contributed by atoms with Crippen LogP contribution in [-0.4, -0.2) is 35.2 Å². The van der Waals surface area contributed by atoms with Gasteiger partial charge in [-0.3, -0.25) is 9.89 Å². The van der Waals surface area contributed by atoms with Crippen molar-refractivity contribution in [2.24, 2.45) is 0 Å². The summed E-state index contributed by atoms with van der Waals surface area (Å²) in [6, 6.07) is 7.30. The van der Waals surface area contributed by atoms with E-state index in [4.69, 9.17) is 0 Å². The van der Waals surface area contributed by atoms with Crippen molar-refractivity contribution in [1.82, 2.24) is 15.5 Å². The summed E-state index contributed by atoms with van der Waals surface area (Å²) < 4.78 is 0. The van der Waals surface area contributed by atoms with Gasteiger partial charge in [0.05, 0.1) is 5.69 Å².